The van der Waals surface area contributed by atoms with Gasteiger partial charge in [0.1, 0.15) is 18.1 Å². The molecule has 0 radical (unpaired) electrons. The minimum atomic E-state index is -1.58. The molecule has 0 fully saturated rings. The predicted octanol–water partition coefficient (Wildman–Crippen LogP) is -1.53. The van der Waals surface area contributed by atoms with E-state index in [1.807, 2.05) is 13.8 Å². The number of guanidine groups is 1. The number of carbonyl (C=O) groups is 5. The summed E-state index contributed by atoms with van der Waals surface area (Å²) in [5, 5.41) is 25.8. The van der Waals surface area contributed by atoms with Gasteiger partial charge in [-0.25, -0.2) is 4.79 Å². The number of aliphatic carboxylic acids is 2. The molecule has 5 atom stereocenters. The van der Waals surface area contributed by atoms with E-state index in [0.29, 0.717) is 12.8 Å². The molecule has 0 aromatic rings. The lowest BCUT2D eigenvalue weighted by atomic mass is 9.98. The Bertz CT molecular complexity index is 800. The van der Waals surface area contributed by atoms with Crippen LogP contribution in [0.15, 0.2) is 4.99 Å². The number of carboxylic acids is 2. The number of nitrogens with zero attached hydrogens (tertiary/aromatic N) is 1. The second-order valence-corrected chi connectivity index (χ2v) is 9.12. The van der Waals surface area contributed by atoms with Gasteiger partial charge in [-0.2, -0.15) is 0 Å². The Morgan fingerprint density at radius 3 is 1.92 bits per heavy atom. The number of rotatable bonds is 17. The molecule has 0 aromatic heterocycles. The first-order valence-electron chi connectivity index (χ1n) is 11.9. The third-order valence-corrected chi connectivity index (χ3v) is 5.43. The van der Waals surface area contributed by atoms with Gasteiger partial charge in [-0.15, -0.1) is 0 Å². The maximum atomic E-state index is 13.0. The maximum Gasteiger partial charge on any atom is 0.326 e. The third-order valence-electron chi connectivity index (χ3n) is 5.43. The Kier molecular flexibility index (Phi) is 14.7. The first-order valence-corrected chi connectivity index (χ1v) is 11.9. The lowest BCUT2D eigenvalue weighted by Gasteiger charge is -2.26. The van der Waals surface area contributed by atoms with Gasteiger partial charge in [0.05, 0.1) is 12.5 Å². The lowest BCUT2D eigenvalue weighted by molar-refractivity contribution is -0.144. The number of aliphatic imine (C=N–C) groups is 1. The molecule has 0 saturated carbocycles. The fraction of sp³-hybridized carbons (Fsp3) is 0.727. The van der Waals surface area contributed by atoms with Crippen molar-refractivity contribution >= 4 is 35.6 Å². The quantitative estimate of drug-likeness (QED) is 0.0630. The maximum absolute atomic E-state index is 13.0. The van der Waals surface area contributed by atoms with Crippen molar-refractivity contribution in [2.45, 2.75) is 84.0 Å². The molecular weight excluding hydrogens is 474 g/mol. The van der Waals surface area contributed by atoms with E-state index in [9.17, 15) is 34.2 Å². The first kappa shape index (κ1) is 32.6. The zero-order valence-electron chi connectivity index (χ0n) is 21.3. The minimum Gasteiger partial charge on any atom is -0.481 e. The highest BCUT2D eigenvalue weighted by Gasteiger charge is 2.33. The van der Waals surface area contributed by atoms with Crippen molar-refractivity contribution < 1.29 is 34.2 Å². The SMILES string of the molecule is CCC(C)C(NC(=O)C(CC(=O)O)NC(=O)C(CCCN=C(N)N)NC(=O)C(N)CC(C)C)C(=O)O. The van der Waals surface area contributed by atoms with Crippen molar-refractivity contribution in [2.75, 3.05) is 6.54 Å². The summed E-state index contributed by atoms with van der Waals surface area (Å²) in [6, 6.07) is -4.91. The average molecular weight is 516 g/mol. The second kappa shape index (κ2) is 16.3. The highest BCUT2D eigenvalue weighted by molar-refractivity contribution is 5.95. The van der Waals surface area contributed by atoms with Crippen LogP contribution in [0.4, 0.5) is 0 Å². The van der Waals surface area contributed by atoms with Crippen LogP contribution in [0, 0.1) is 11.8 Å². The summed E-state index contributed by atoms with van der Waals surface area (Å²) < 4.78 is 0. The van der Waals surface area contributed by atoms with Crippen LogP contribution in [-0.2, 0) is 24.0 Å². The fourth-order valence-corrected chi connectivity index (χ4v) is 3.26. The second-order valence-electron chi connectivity index (χ2n) is 9.12. The zero-order chi connectivity index (χ0) is 28.0. The Hall–Kier alpha value is -3.42. The molecule has 0 aliphatic heterocycles. The van der Waals surface area contributed by atoms with Gasteiger partial charge in [0.15, 0.2) is 5.96 Å². The average Bonchev–Trinajstić information content (AvgIpc) is 2.76. The number of hydrogen-bond acceptors (Lipinski definition) is 7. The zero-order valence-corrected chi connectivity index (χ0v) is 21.3. The molecule has 5 unspecified atom stereocenters. The molecule has 206 valence electrons. The van der Waals surface area contributed by atoms with Crippen LogP contribution in [-0.4, -0.2) is 76.5 Å². The molecule has 0 spiro atoms. The van der Waals surface area contributed by atoms with E-state index >= 15 is 0 Å². The van der Waals surface area contributed by atoms with E-state index < -0.39 is 66.2 Å². The van der Waals surface area contributed by atoms with E-state index in [2.05, 4.69) is 20.9 Å². The van der Waals surface area contributed by atoms with Crippen LogP contribution < -0.4 is 33.2 Å². The van der Waals surface area contributed by atoms with Gasteiger partial charge in [0.25, 0.3) is 0 Å². The summed E-state index contributed by atoms with van der Waals surface area (Å²) >= 11 is 0. The van der Waals surface area contributed by atoms with Gasteiger partial charge in [-0.3, -0.25) is 24.2 Å². The Morgan fingerprint density at radius 2 is 1.44 bits per heavy atom. The molecule has 0 aliphatic carbocycles. The van der Waals surface area contributed by atoms with Crippen LogP contribution in [0.1, 0.15) is 59.8 Å². The number of nitrogens with two attached hydrogens (primary N) is 3. The van der Waals surface area contributed by atoms with E-state index in [1.165, 1.54) is 0 Å². The van der Waals surface area contributed by atoms with Crippen LogP contribution in [0.5, 0.6) is 0 Å². The molecule has 36 heavy (non-hydrogen) atoms. The molecule has 0 heterocycles. The summed E-state index contributed by atoms with van der Waals surface area (Å²) in [7, 11) is 0. The molecule has 14 nitrogen and oxygen atoms in total. The highest BCUT2D eigenvalue weighted by Crippen LogP contribution is 2.10. The summed E-state index contributed by atoms with van der Waals surface area (Å²) in [5.41, 5.74) is 16.5. The Morgan fingerprint density at radius 1 is 0.889 bits per heavy atom. The molecule has 0 rings (SSSR count). The standard InChI is InChI=1S/C22H41N7O7/c1-5-12(4)17(21(35)36)29-20(34)15(10-16(30)31)28-19(33)14(7-6-8-26-22(24)25)27-18(32)13(23)9-11(2)3/h11-15,17H,5-10,23H2,1-4H3,(H,27,32)(H,28,33)(H,29,34)(H,30,31)(H,35,36)(H4,24,25,26). The number of nitrogens with one attached hydrogen (secondary N) is 3. The number of amides is 3. The van der Waals surface area contributed by atoms with Crippen molar-refractivity contribution in [2.24, 2.45) is 34.0 Å². The molecule has 0 bridgehead atoms. The van der Waals surface area contributed by atoms with E-state index in [-0.39, 0.29) is 31.3 Å². The first-order chi connectivity index (χ1) is 16.7. The summed E-state index contributed by atoms with van der Waals surface area (Å²) in [5.74, 6) is -5.55. The van der Waals surface area contributed by atoms with Gasteiger partial charge in [0, 0.05) is 6.54 Å². The minimum absolute atomic E-state index is 0.0643. The van der Waals surface area contributed by atoms with Gasteiger partial charge in [0.2, 0.25) is 17.7 Å². The van der Waals surface area contributed by atoms with E-state index in [1.54, 1.807) is 13.8 Å². The molecular formula is C22H41N7O7. The Balaban J connectivity index is 5.67. The summed E-state index contributed by atoms with van der Waals surface area (Å²) in [4.78, 5) is 65.0. The summed E-state index contributed by atoms with van der Waals surface area (Å²) in [6.07, 6.45) is 0.347. The van der Waals surface area contributed by atoms with Gasteiger partial charge >= 0.3 is 11.9 Å². The third kappa shape index (κ3) is 12.9. The molecule has 0 saturated heterocycles. The van der Waals surface area contributed by atoms with Crippen LogP contribution in [0.3, 0.4) is 0 Å². The van der Waals surface area contributed by atoms with Crippen LogP contribution in [0.25, 0.3) is 0 Å². The molecule has 0 aromatic carbocycles. The highest BCUT2D eigenvalue weighted by atomic mass is 16.4. The fourth-order valence-electron chi connectivity index (χ4n) is 3.26. The van der Waals surface area contributed by atoms with Crippen LogP contribution in [0.2, 0.25) is 0 Å². The monoisotopic (exact) mass is 515 g/mol. The van der Waals surface area contributed by atoms with Crippen molar-refractivity contribution in [1.29, 1.82) is 0 Å². The predicted molar refractivity (Wildman–Crippen MR) is 132 cm³/mol. The number of carboxylic acid groups (broad SMARTS) is 2. The van der Waals surface area contributed by atoms with Crippen molar-refractivity contribution in [3.8, 4) is 0 Å². The molecule has 3 amide bonds. The van der Waals surface area contributed by atoms with Crippen molar-refractivity contribution in [3.63, 3.8) is 0 Å². The molecule has 11 N–H and O–H groups in total. The van der Waals surface area contributed by atoms with Gasteiger partial charge in [-0.1, -0.05) is 34.1 Å². The smallest absolute Gasteiger partial charge is 0.326 e. The topological polar surface area (TPSA) is 252 Å². The lowest BCUT2D eigenvalue weighted by Crippen LogP contribution is -2.58. The van der Waals surface area contributed by atoms with Gasteiger partial charge < -0.3 is 43.4 Å². The number of carbonyl (C=O) groups excluding carboxylic acids is 3. The largest absolute Gasteiger partial charge is 0.481 e. The molecule has 14 heteroatoms. The Labute approximate surface area is 210 Å². The van der Waals surface area contributed by atoms with Crippen LogP contribution >= 0.6 is 0 Å². The van der Waals surface area contributed by atoms with Gasteiger partial charge in [-0.05, 0) is 31.1 Å². The van der Waals surface area contributed by atoms with E-state index in [0.717, 1.165) is 0 Å². The molecule has 0 aliphatic rings. The normalized spacial score (nSPS) is 15.1. The summed E-state index contributed by atoms with van der Waals surface area (Å²) in [6.45, 7) is 7.28. The van der Waals surface area contributed by atoms with E-state index in [4.69, 9.17) is 17.2 Å². The van der Waals surface area contributed by atoms with Crippen molar-refractivity contribution in [1.82, 2.24) is 16.0 Å². The van der Waals surface area contributed by atoms with Crippen molar-refractivity contribution in [3.05, 3.63) is 0 Å². The number of hydrogen-bond donors (Lipinski definition) is 8.